The average Bonchev–Trinajstić information content (AvgIpc) is 2.54. The van der Waals surface area contributed by atoms with E-state index < -0.39 is 10.0 Å². The van der Waals surface area contributed by atoms with Crippen LogP contribution in [0.2, 0.25) is 0 Å². The molecule has 1 N–H and O–H groups in total. The van der Waals surface area contributed by atoms with Crippen LogP contribution in [-0.2, 0) is 10.0 Å². The molecule has 0 radical (unpaired) electrons. The molecule has 0 saturated carbocycles. The number of hydrogen-bond donors (Lipinski definition) is 1. The fourth-order valence-corrected chi connectivity index (χ4v) is 2.56. The molecule has 0 saturated heterocycles. The Balaban J connectivity index is 2.27. The number of nitrogens with one attached hydrogen (secondary N) is 1. The fourth-order valence-electron chi connectivity index (χ4n) is 1.92. The molecule has 114 valence electrons. The van der Waals surface area contributed by atoms with Gasteiger partial charge < -0.3 is 0 Å². The molecule has 2 aromatic rings. The van der Waals surface area contributed by atoms with Gasteiger partial charge >= 0.3 is 0 Å². The van der Waals surface area contributed by atoms with E-state index in [2.05, 4.69) is 11.3 Å². The highest BCUT2D eigenvalue weighted by Gasteiger charge is 2.12. The summed E-state index contributed by atoms with van der Waals surface area (Å²) in [5.41, 5.74) is 1.89. The zero-order chi connectivity index (χ0) is 16.2. The highest BCUT2D eigenvalue weighted by molar-refractivity contribution is 7.89. The molecule has 0 aliphatic carbocycles. The lowest BCUT2D eigenvalue weighted by Gasteiger charge is -2.10. The van der Waals surface area contributed by atoms with Crippen LogP contribution in [0.3, 0.4) is 0 Å². The highest BCUT2D eigenvalue weighted by atomic mass is 32.2. The van der Waals surface area contributed by atoms with Gasteiger partial charge in [-0.3, -0.25) is 9.52 Å². The Labute approximate surface area is 130 Å². The molecule has 22 heavy (non-hydrogen) atoms. The van der Waals surface area contributed by atoms with E-state index in [0.717, 1.165) is 0 Å². The van der Waals surface area contributed by atoms with Gasteiger partial charge in [0.15, 0.2) is 5.78 Å². The molecule has 0 aromatic heterocycles. The zero-order valence-corrected chi connectivity index (χ0v) is 13.1. The minimum atomic E-state index is -3.39. The summed E-state index contributed by atoms with van der Waals surface area (Å²) in [5, 5.41) is 0. The van der Waals surface area contributed by atoms with Crippen molar-refractivity contribution in [1.82, 2.24) is 4.72 Å². The fraction of sp³-hybridized carbons (Fsp3) is 0.118. The van der Waals surface area contributed by atoms with Gasteiger partial charge in [0, 0.05) is 16.8 Å². The van der Waals surface area contributed by atoms with Crippen molar-refractivity contribution in [2.24, 2.45) is 0 Å². The first-order chi connectivity index (χ1) is 10.4. The summed E-state index contributed by atoms with van der Waals surface area (Å²) >= 11 is 0. The molecule has 0 amide bonds. The minimum Gasteiger partial charge on any atom is -0.289 e. The third kappa shape index (κ3) is 3.83. The lowest BCUT2D eigenvalue weighted by atomic mass is 10.0. The van der Waals surface area contributed by atoms with Crippen molar-refractivity contribution in [3.8, 4) is 0 Å². The van der Waals surface area contributed by atoms with E-state index in [1.807, 2.05) is 6.07 Å². The number of carbonyl (C=O) groups is 1. The highest BCUT2D eigenvalue weighted by Crippen LogP contribution is 2.16. The lowest BCUT2D eigenvalue weighted by Crippen LogP contribution is -2.23. The average molecular weight is 315 g/mol. The second-order valence-electron chi connectivity index (χ2n) is 4.76. The Morgan fingerprint density at radius 2 is 1.59 bits per heavy atom. The smallest absolute Gasteiger partial charge is 0.232 e. The van der Waals surface area contributed by atoms with Gasteiger partial charge in [-0.1, -0.05) is 55.1 Å². The van der Waals surface area contributed by atoms with Gasteiger partial charge in [-0.25, -0.2) is 8.42 Å². The first-order valence-corrected chi connectivity index (χ1v) is 8.48. The molecule has 2 rings (SSSR count). The van der Waals surface area contributed by atoms with E-state index in [1.54, 1.807) is 55.5 Å². The van der Waals surface area contributed by atoms with Crippen LogP contribution >= 0.6 is 0 Å². The minimum absolute atomic E-state index is 0.0331. The third-order valence-electron chi connectivity index (χ3n) is 3.17. The Morgan fingerprint density at radius 1 is 1.00 bits per heavy atom. The normalized spacial score (nSPS) is 11.0. The third-order valence-corrected chi connectivity index (χ3v) is 4.49. The molecule has 0 aliphatic heterocycles. The quantitative estimate of drug-likeness (QED) is 0.834. The van der Waals surface area contributed by atoms with Crippen molar-refractivity contribution in [2.75, 3.05) is 5.75 Å². The summed E-state index contributed by atoms with van der Waals surface area (Å²) in [6.07, 6.45) is 0. The molecule has 5 heteroatoms. The summed E-state index contributed by atoms with van der Waals surface area (Å²) in [7, 11) is -3.39. The van der Waals surface area contributed by atoms with Crippen molar-refractivity contribution < 1.29 is 13.2 Å². The Hall–Kier alpha value is -2.40. The van der Waals surface area contributed by atoms with Gasteiger partial charge in [-0.15, -0.1) is 0 Å². The second kappa shape index (κ2) is 6.58. The van der Waals surface area contributed by atoms with Crippen LogP contribution in [0.1, 0.15) is 28.4 Å². The van der Waals surface area contributed by atoms with Gasteiger partial charge in [-0.2, -0.15) is 0 Å². The van der Waals surface area contributed by atoms with Gasteiger partial charge in [-0.05, 0) is 18.6 Å². The maximum absolute atomic E-state index is 12.4. The molecule has 4 nitrogen and oxygen atoms in total. The van der Waals surface area contributed by atoms with E-state index >= 15 is 0 Å². The molecule has 0 unspecified atom stereocenters. The van der Waals surface area contributed by atoms with Crippen molar-refractivity contribution in [3.63, 3.8) is 0 Å². The summed E-state index contributed by atoms with van der Waals surface area (Å²) in [6, 6.07) is 15.7. The Kier molecular flexibility index (Phi) is 4.78. The zero-order valence-electron chi connectivity index (χ0n) is 12.2. The van der Waals surface area contributed by atoms with Crippen LogP contribution in [0, 0.1) is 0 Å². The van der Waals surface area contributed by atoms with E-state index in [1.165, 1.54) is 0 Å². The van der Waals surface area contributed by atoms with Crippen LogP contribution in [0.4, 0.5) is 0 Å². The lowest BCUT2D eigenvalue weighted by molar-refractivity contribution is 0.103. The predicted molar refractivity (Wildman–Crippen MR) is 87.9 cm³/mol. The SMILES string of the molecule is C=C(NS(=O)(=O)CC)c1cccc(C(=O)c2ccccc2)c1. The maximum atomic E-state index is 12.4. The van der Waals surface area contributed by atoms with Gasteiger partial charge in [0.05, 0.1) is 5.75 Å². The van der Waals surface area contributed by atoms with Gasteiger partial charge in [0.2, 0.25) is 10.0 Å². The first-order valence-electron chi connectivity index (χ1n) is 6.82. The van der Waals surface area contributed by atoms with Crippen LogP contribution in [0.25, 0.3) is 5.70 Å². The molecule has 0 aliphatic rings. The Bertz CT molecular complexity index is 796. The van der Waals surface area contributed by atoms with Gasteiger partial charge in [0.1, 0.15) is 0 Å². The Morgan fingerprint density at radius 3 is 2.23 bits per heavy atom. The van der Waals surface area contributed by atoms with Crippen LogP contribution in [-0.4, -0.2) is 20.0 Å². The number of ketones is 1. The van der Waals surface area contributed by atoms with Crippen molar-refractivity contribution >= 4 is 21.5 Å². The van der Waals surface area contributed by atoms with Crippen LogP contribution in [0.15, 0.2) is 61.2 Å². The standard InChI is InChI=1S/C17H17NO3S/c1-3-22(20,21)18-13(2)15-10-7-11-16(12-15)17(19)14-8-5-4-6-9-14/h4-12,18H,2-3H2,1H3. The number of rotatable bonds is 6. The predicted octanol–water partition coefficient (Wildman–Crippen LogP) is 2.83. The second-order valence-corrected chi connectivity index (χ2v) is 6.77. The van der Waals surface area contributed by atoms with Crippen LogP contribution < -0.4 is 4.72 Å². The summed E-state index contributed by atoms with van der Waals surface area (Å²) in [4.78, 5) is 12.4. The van der Waals surface area contributed by atoms with Gasteiger partial charge in [0.25, 0.3) is 0 Å². The first kappa shape index (κ1) is 16.0. The monoisotopic (exact) mass is 315 g/mol. The van der Waals surface area contributed by atoms with Crippen LogP contribution in [0.5, 0.6) is 0 Å². The van der Waals surface area contributed by atoms with Crippen molar-refractivity contribution in [3.05, 3.63) is 77.9 Å². The molecule has 0 spiro atoms. The molecule has 0 fully saturated rings. The molecular formula is C17H17NO3S. The largest absolute Gasteiger partial charge is 0.289 e. The summed E-state index contributed by atoms with van der Waals surface area (Å²) in [5.74, 6) is -0.150. The number of benzene rings is 2. The summed E-state index contributed by atoms with van der Waals surface area (Å²) < 4.78 is 25.6. The topological polar surface area (TPSA) is 63.2 Å². The van der Waals surface area contributed by atoms with E-state index in [9.17, 15) is 13.2 Å². The summed E-state index contributed by atoms with van der Waals surface area (Å²) in [6.45, 7) is 5.28. The molecular weight excluding hydrogens is 298 g/mol. The number of carbonyl (C=O) groups excluding carboxylic acids is 1. The maximum Gasteiger partial charge on any atom is 0.232 e. The molecule has 0 heterocycles. The molecule has 0 atom stereocenters. The van der Waals surface area contributed by atoms with E-state index in [-0.39, 0.29) is 17.2 Å². The number of hydrogen-bond acceptors (Lipinski definition) is 3. The number of sulfonamides is 1. The van der Waals surface area contributed by atoms with Crippen molar-refractivity contribution in [2.45, 2.75) is 6.92 Å². The van der Waals surface area contributed by atoms with E-state index in [4.69, 9.17) is 0 Å². The molecule has 2 aromatic carbocycles. The molecule has 0 bridgehead atoms. The van der Waals surface area contributed by atoms with E-state index in [0.29, 0.717) is 16.7 Å². The van der Waals surface area contributed by atoms with Crippen molar-refractivity contribution in [1.29, 1.82) is 0 Å².